The maximum Gasteiger partial charge on any atom is 0.225 e. The standard InChI is InChI=1S/C19H22N2O2/c22-18(16-7-3-1-4-8-16)15-19(23)21-13-11-20(12-14-21)17-9-5-2-6-10-17/h1-10,18,22H,11-15H2. The van der Waals surface area contributed by atoms with Gasteiger partial charge >= 0.3 is 0 Å². The zero-order valence-electron chi connectivity index (χ0n) is 13.1. The summed E-state index contributed by atoms with van der Waals surface area (Å²) >= 11 is 0. The molecule has 120 valence electrons. The molecule has 0 saturated carbocycles. The van der Waals surface area contributed by atoms with Crippen LogP contribution in [0.15, 0.2) is 60.7 Å². The number of para-hydroxylation sites is 1. The number of aliphatic hydroxyl groups excluding tert-OH is 1. The van der Waals surface area contributed by atoms with Gasteiger partial charge < -0.3 is 14.9 Å². The van der Waals surface area contributed by atoms with Crippen molar-refractivity contribution in [3.63, 3.8) is 0 Å². The van der Waals surface area contributed by atoms with Gasteiger partial charge in [-0.15, -0.1) is 0 Å². The molecule has 0 bridgehead atoms. The number of rotatable bonds is 4. The van der Waals surface area contributed by atoms with Crippen molar-refractivity contribution in [3.05, 3.63) is 66.2 Å². The highest BCUT2D eigenvalue weighted by Crippen LogP contribution is 2.19. The Morgan fingerprint density at radius 3 is 2.09 bits per heavy atom. The Kier molecular flexibility index (Phi) is 4.93. The molecule has 1 aliphatic rings. The number of piperazine rings is 1. The number of hydrogen-bond acceptors (Lipinski definition) is 3. The molecular formula is C19H22N2O2. The smallest absolute Gasteiger partial charge is 0.225 e. The van der Waals surface area contributed by atoms with Gasteiger partial charge in [-0.05, 0) is 17.7 Å². The molecule has 2 aromatic rings. The van der Waals surface area contributed by atoms with Crippen molar-refractivity contribution in [2.75, 3.05) is 31.1 Å². The van der Waals surface area contributed by atoms with Crippen LogP contribution in [-0.2, 0) is 4.79 Å². The number of aliphatic hydroxyl groups is 1. The summed E-state index contributed by atoms with van der Waals surface area (Å²) in [6, 6.07) is 19.6. The van der Waals surface area contributed by atoms with Crippen LogP contribution in [0.4, 0.5) is 5.69 Å². The molecule has 0 aliphatic carbocycles. The van der Waals surface area contributed by atoms with Gasteiger partial charge in [0.2, 0.25) is 5.91 Å². The van der Waals surface area contributed by atoms with Gasteiger partial charge in [0.05, 0.1) is 12.5 Å². The predicted octanol–water partition coefficient (Wildman–Crippen LogP) is 2.46. The van der Waals surface area contributed by atoms with E-state index in [1.54, 1.807) is 0 Å². The highest BCUT2D eigenvalue weighted by atomic mass is 16.3. The summed E-state index contributed by atoms with van der Waals surface area (Å²) in [7, 11) is 0. The summed E-state index contributed by atoms with van der Waals surface area (Å²) in [5.74, 6) is 0.0223. The first kappa shape index (κ1) is 15.6. The average Bonchev–Trinajstić information content (AvgIpc) is 2.63. The third kappa shape index (κ3) is 3.90. The van der Waals surface area contributed by atoms with Crippen LogP contribution < -0.4 is 4.90 Å². The monoisotopic (exact) mass is 310 g/mol. The second-order valence-corrected chi connectivity index (χ2v) is 5.83. The highest BCUT2D eigenvalue weighted by Gasteiger charge is 2.23. The maximum absolute atomic E-state index is 12.4. The third-order valence-corrected chi connectivity index (χ3v) is 4.31. The number of carbonyl (C=O) groups is 1. The predicted molar refractivity (Wildman–Crippen MR) is 91.3 cm³/mol. The fraction of sp³-hybridized carbons (Fsp3) is 0.316. The fourth-order valence-electron chi connectivity index (χ4n) is 2.94. The lowest BCUT2D eigenvalue weighted by Gasteiger charge is -2.36. The van der Waals surface area contributed by atoms with E-state index in [9.17, 15) is 9.90 Å². The van der Waals surface area contributed by atoms with Gasteiger partial charge in [-0.25, -0.2) is 0 Å². The highest BCUT2D eigenvalue weighted by molar-refractivity contribution is 5.77. The summed E-state index contributed by atoms with van der Waals surface area (Å²) in [4.78, 5) is 16.5. The molecule has 1 atom stereocenters. The largest absolute Gasteiger partial charge is 0.388 e. The number of carbonyl (C=O) groups excluding carboxylic acids is 1. The van der Waals surface area contributed by atoms with E-state index in [-0.39, 0.29) is 12.3 Å². The van der Waals surface area contributed by atoms with Crippen molar-refractivity contribution in [2.45, 2.75) is 12.5 Å². The first-order chi connectivity index (χ1) is 11.2. The number of nitrogens with zero attached hydrogens (tertiary/aromatic N) is 2. The van der Waals surface area contributed by atoms with Crippen LogP contribution in [0.3, 0.4) is 0 Å². The number of anilines is 1. The molecule has 1 fully saturated rings. The number of hydrogen-bond donors (Lipinski definition) is 1. The van der Waals surface area contributed by atoms with E-state index >= 15 is 0 Å². The molecule has 23 heavy (non-hydrogen) atoms. The van der Waals surface area contributed by atoms with Crippen molar-refractivity contribution >= 4 is 11.6 Å². The van der Waals surface area contributed by atoms with Gasteiger partial charge in [-0.3, -0.25) is 4.79 Å². The van der Waals surface area contributed by atoms with Gasteiger partial charge in [0.15, 0.2) is 0 Å². The first-order valence-electron chi connectivity index (χ1n) is 8.05. The lowest BCUT2D eigenvalue weighted by molar-refractivity contribution is -0.133. The normalized spacial score (nSPS) is 16.2. The Hall–Kier alpha value is -2.33. The van der Waals surface area contributed by atoms with Crippen LogP contribution >= 0.6 is 0 Å². The van der Waals surface area contributed by atoms with Crippen LogP contribution in [0.1, 0.15) is 18.1 Å². The Bertz CT molecular complexity index is 622. The Labute approximate surface area is 137 Å². The van der Waals surface area contributed by atoms with E-state index in [2.05, 4.69) is 17.0 Å². The van der Waals surface area contributed by atoms with Crippen molar-refractivity contribution in [3.8, 4) is 0 Å². The van der Waals surface area contributed by atoms with E-state index in [1.165, 1.54) is 5.69 Å². The fourth-order valence-corrected chi connectivity index (χ4v) is 2.94. The van der Waals surface area contributed by atoms with Crippen LogP contribution in [0, 0.1) is 0 Å². The topological polar surface area (TPSA) is 43.8 Å². The molecule has 1 saturated heterocycles. The van der Waals surface area contributed by atoms with Gasteiger partial charge in [0.25, 0.3) is 0 Å². The van der Waals surface area contributed by atoms with Crippen molar-refractivity contribution in [1.29, 1.82) is 0 Å². The molecule has 2 aromatic carbocycles. The molecule has 1 aliphatic heterocycles. The zero-order chi connectivity index (χ0) is 16.1. The van der Waals surface area contributed by atoms with E-state index < -0.39 is 6.10 Å². The van der Waals surface area contributed by atoms with Gasteiger partial charge in [0, 0.05) is 31.9 Å². The van der Waals surface area contributed by atoms with Crippen molar-refractivity contribution in [2.24, 2.45) is 0 Å². The molecule has 4 nitrogen and oxygen atoms in total. The summed E-state index contributed by atoms with van der Waals surface area (Å²) in [6.07, 6.45) is -0.578. The second-order valence-electron chi connectivity index (χ2n) is 5.83. The van der Waals surface area contributed by atoms with E-state index in [0.29, 0.717) is 13.1 Å². The van der Waals surface area contributed by atoms with Crippen LogP contribution in [0.25, 0.3) is 0 Å². The summed E-state index contributed by atoms with van der Waals surface area (Å²) in [5, 5.41) is 10.2. The Balaban J connectivity index is 1.52. The third-order valence-electron chi connectivity index (χ3n) is 4.31. The van der Waals surface area contributed by atoms with E-state index in [4.69, 9.17) is 0 Å². The quantitative estimate of drug-likeness (QED) is 0.943. The van der Waals surface area contributed by atoms with E-state index in [1.807, 2.05) is 53.4 Å². The van der Waals surface area contributed by atoms with Crippen molar-refractivity contribution < 1.29 is 9.90 Å². The minimum absolute atomic E-state index is 0.0223. The SMILES string of the molecule is O=C(CC(O)c1ccccc1)N1CCN(c2ccccc2)CC1. The Morgan fingerprint density at radius 1 is 0.913 bits per heavy atom. The molecule has 0 aromatic heterocycles. The average molecular weight is 310 g/mol. The number of amides is 1. The summed E-state index contributed by atoms with van der Waals surface area (Å²) in [5.41, 5.74) is 1.99. The van der Waals surface area contributed by atoms with E-state index in [0.717, 1.165) is 18.7 Å². The van der Waals surface area contributed by atoms with Gasteiger partial charge in [-0.1, -0.05) is 48.5 Å². The molecule has 0 spiro atoms. The Morgan fingerprint density at radius 2 is 1.48 bits per heavy atom. The molecule has 1 N–H and O–H groups in total. The molecule has 0 radical (unpaired) electrons. The van der Waals surface area contributed by atoms with Gasteiger partial charge in [0.1, 0.15) is 0 Å². The minimum Gasteiger partial charge on any atom is -0.388 e. The summed E-state index contributed by atoms with van der Waals surface area (Å²) in [6.45, 7) is 3.07. The molecule has 1 heterocycles. The molecule has 3 rings (SSSR count). The van der Waals surface area contributed by atoms with Gasteiger partial charge in [-0.2, -0.15) is 0 Å². The second kappa shape index (κ2) is 7.29. The van der Waals surface area contributed by atoms with Crippen molar-refractivity contribution in [1.82, 2.24) is 4.90 Å². The number of benzene rings is 2. The summed E-state index contributed by atoms with van der Waals surface area (Å²) < 4.78 is 0. The lowest BCUT2D eigenvalue weighted by Crippen LogP contribution is -2.49. The first-order valence-corrected chi connectivity index (χ1v) is 8.05. The molecule has 1 amide bonds. The molecule has 1 unspecified atom stereocenters. The van der Waals surface area contributed by atoms with Crippen LogP contribution in [-0.4, -0.2) is 42.1 Å². The minimum atomic E-state index is -0.726. The molecule has 4 heteroatoms. The zero-order valence-corrected chi connectivity index (χ0v) is 13.1. The van der Waals surface area contributed by atoms with Crippen LogP contribution in [0.2, 0.25) is 0 Å². The lowest BCUT2D eigenvalue weighted by atomic mass is 10.1. The van der Waals surface area contributed by atoms with Crippen LogP contribution in [0.5, 0.6) is 0 Å². The molecular weight excluding hydrogens is 288 g/mol. The maximum atomic E-state index is 12.4.